The van der Waals surface area contributed by atoms with Gasteiger partial charge in [0.05, 0.1) is 5.56 Å². The van der Waals surface area contributed by atoms with Gasteiger partial charge in [0.1, 0.15) is 10.3 Å². The average molecular weight is 301 g/mol. The molecule has 1 saturated carbocycles. The van der Waals surface area contributed by atoms with E-state index >= 15 is 0 Å². The monoisotopic (exact) mass is 300 g/mol. The van der Waals surface area contributed by atoms with Gasteiger partial charge in [0, 0.05) is 6.54 Å². The van der Waals surface area contributed by atoms with E-state index in [0.717, 1.165) is 12.3 Å². The Kier molecular flexibility index (Phi) is 5.46. The molecule has 0 spiro atoms. The summed E-state index contributed by atoms with van der Waals surface area (Å²) in [6, 6.07) is 3.17. The molecule has 1 aliphatic rings. The molecule has 0 unspecified atom stereocenters. The van der Waals surface area contributed by atoms with Crippen molar-refractivity contribution in [1.82, 2.24) is 10.3 Å². The predicted molar refractivity (Wildman–Crippen MR) is 77.8 cm³/mol. The van der Waals surface area contributed by atoms with Crippen LogP contribution in [0.2, 0.25) is 10.3 Å². The third-order valence-electron chi connectivity index (χ3n) is 3.61. The Hall–Kier alpha value is -0.800. The Morgan fingerprint density at radius 1 is 1.32 bits per heavy atom. The van der Waals surface area contributed by atoms with Crippen LogP contribution in [0.15, 0.2) is 12.1 Å². The van der Waals surface area contributed by atoms with Crippen LogP contribution in [0.25, 0.3) is 0 Å². The lowest BCUT2D eigenvalue weighted by atomic mass is 10.0. The van der Waals surface area contributed by atoms with Crippen molar-refractivity contribution in [3.8, 4) is 0 Å². The number of halogens is 2. The summed E-state index contributed by atoms with van der Waals surface area (Å²) in [6.07, 6.45) is 7.65. The van der Waals surface area contributed by atoms with Crippen LogP contribution < -0.4 is 5.32 Å². The van der Waals surface area contributed by atoms with Crippen LogP contribution in [0.5, 0.6) is 0 Å². The smallest absolute Gasteiger partial charge is 0.254 e. The molecule has 1 heterocycles. The lowest BCUT2D eigenvalue weighted by Crippen LogP contribution is -2.25. The van der Waals surface area contributed by atoms with Gasteiger partial charge < -0.3 is 5.32 Å². The highest BCUT2D eigenvalue weighted by Gasteiger charge is 2.15. The molecule has 0 atom stereocenters. The summed E-state index contributed by atoms with van der Waals surface area (Å²) in [5.74, 6) is 0.679. The van der Waals surface area contributed by atoms with E-state index in [-0.39, 0.29) is 11.1 Å². The SMILES string of the molecule is O=C(NCCCC1CCCC1)c1ccc(Cl)nc1Cl. The number of carbonyl (C=O) groups is 1. The Morgan fingerprint density at radius 3 is 2.74 bits per heavy atom. The van der Waals surface area contributed by atoms with Crippen molar-refractivity contribution in [2.75, 3.05) is 6.54 Å². The highest BCUT2D eigenvalue weighted by Crippen LogP contribution is 2.28. The molecule has 0 aliphatic heterocycles. The molecule has 5 heteroatoms. The van der Waals surface area contributed by atoms with Crippen LogP contribution in [-0.2, 0) is 0 Å². The van der Waals surface area contributed by atoms with Gasteiger partial charge in [-0.05, 0) is 30.9 Å². The molecule has 0 aromatic carbocycles. The van der Waals surface area contributed by atoms with Gasteiger partial charge in [0.25, 0.3) is 5.91 Å². The third kappa shape index (κ3) is 4.36. The summed E-state index contributed by atoms with van der Waals surface area (Å²) < 4.78 is 0. The minimum atomic E-state index is -0.180. The molecule has 0 bridgehead atoms. The highest BCUT2D eigenvalue weighted by atomic mass is 35.5. The Morgan fingerprint density at radius 2 is 2.05 bits per heavy atom. The predicted octanol–water partition coefficient (Wildman–Crippen LogP) is 4.09. The molecular formula is C14H18Cl2N2O. The number of aromatic nitrogens is 1. The zero-order valence-corrected chi connectivity index (χ0v) is 12.3. The molecule has 2 rings (SSSR count). The van der Waals surface area contributed by atoms with E-state index in [2.05, 4.69) is 10.3 Å². The van der Waals surface area contributed by atoms with E-state index in [1.807, 2.05) is 0 Å². The summed E-state index contributed by atoms with van der Waals surface area (Å²) in [5, 5.41) is 3.32. The second-order valence-corrected chi connectivity index (χ2v) is 5.77. The van der Waals surface area contributed by atoms with E-state index in [1.54, 1.807) is 12.1 Å². The van der Waals surface area contributed by atoms with Crippen LogP contribution in [0.4, 0.5) is 0 Å². The van der Waals surface area contributed by atoms with Crippen molar-refractivity contribution >= 4 is 29.1 Å². The van der Waals surface area contributed by atoms with Crippen molar-refractivity contribution in [3.05, 3.63) is 28.0 Å². The Balaban J connectivity index is 1.74. The van der Waals surface area contributed by atoms with E-state index in [0.29, 0.717) is 17.3 Å². The van der Waals surface area contributed by atoms with Gasteiger partial charge in [-0.15, -0.1) is 0 Å². The average Bonchev–Trinajstić information content (AvgIpc) is 2.87. The molecule has 1 amide bonds. The zero-order chi connectivity index (χ0) is 13.7. The van der Waals surface area contributed by atoms with Crippen molar-refractivity contribution in [1.29, 1.82) is 0 Å². The molecule has 3 nitrogen and oxygen atoms in total. The maximum atomic E-state index is 11.9. The maximum absolute atomic E-state index is 11.9. The van der Waals surface area contributed by atoms with Crippen molar-refractivity contribution in [2.45, 2.75) is 38.5 Å². The molecule has 1 aliphatic carbocycles. The first-order valence-electron chi connectivity index (χ1n) is 6.77. The summed E-state index contributed by atoms with van der Waals surface area (Å²) in [6.45, 7) is 0.689. The molecule has 0 saturated heterocycles. The molecule has 19 heavy (non-hydrogen) atoms. The molecule has 104 valence electrons. The maximum Gasteiger partial charge on any atom is 0.254 e. The lowest BCUT2D eigenvalue weighted by molar-refractivity contribution is 0.0952. The summed E-state index contributed by atoms with van der Waals surface area (Å²) in [5.41, 5.74) is 0.381. The van der Waals surface area contributed by atoms with Gasteiger partial charge in [0.15, 0.2) is 0 Å². The number of hydrogen-bond acceptors (Lipinski definition) is 2. The second kappa shape index (κ2) is 7.11. The molecule has 1 N–H and O–H groups in total. The first-order valence-corrected chi connectivity index (χ1v) is 7.52. The van der Waals surface area contributed by atoms with Gasteiger partial charge in [0.2, 0.25) is 0 Å². The first-order chi connectivity index (χ1) is 9.16. The fourth-order valence-electron chi connectivity index (χ4n) is 2.57. The van der Waals surface area contributed by atoms with Gasteiger partial charge >= 0.3 is 0 Å². The summed E-state index contributed by atoms with van der Waals surface area (Å²) in [4.78, 5) is 15.8. The number of nitrogens with zero attached hydrogens (tertiary/aromatic N) is 1. The molecule has 0 radical (unpaired) electrons. The third-order valence-corrected chi connectivity index (χ3v) is 4.11. The summed E-state index contributed by atoms with van der Waals surface area (Å²) >= 11 is 11.6. The number of pyridine rings is 1. The Bertz CT molecular complexity index is 445. The summed E-state index contributed by atoms with van der Waals surface area (Å²) in [7, 11) is 0. The lowest BCUT2D eigenvalue weighted by Gasteiger charge is -2.09. The van der Waals surface area contributed by atoms with Crippen molar-refractivity contribution in [3.63, 3.8) is 0 Å². The molecule has 1 fully saturated rings. The topological polar surface area (TPSA) is 42.0 Å². The molecule has 1 aromatic rings. The van der Waals surface area contributed by atoms with Gasteiger partial charge in [-0.3, -0.25) is 4.79 Å². The van der Waals surface area contributed by atoms with Crippen LogP contribution in [0, 0.1) is 5.92 Å². The van der Waals surface area contributed by atoms with Crippen LogP contribution >= 0.6 is 23.2 Å². The highest BCUT2D eigenvalue weighted by molar-refractivity contribution is 6.34. The van der Waals surface area contributed by atoms with Gasteiger partial charge in [-0.25, -0.2) is 4.98 Å². The number of carbonyl (C=O) groups excluding carboxylic acids is 1. The second-order valence-electron chi connectivity index (χ2n) is 5.02. The van der Waals surface area contributed by atoms with E-state index in [4.69, 9.17) is 23.2 Å². The Labute approximate surface area is 123 Å². The minimum Gasteiger partial charge on any atom is -0.352 e. The van der Waals surface area contributed by atoms with E-state index in [9.17, 15) is 4.79 Å². The van der Waals surface area contributed by atoms with Gasteiger partial charge in [-0.1, -0.05) is 48.9 Å². The van der Waals surface area contributed by atoms with E-state index in [1.165, 1.54) is 32.1 Å². The number of hydrogen-bond donors (Lipinski definition) is 1. The number of rotatable bonds is 5. The van der Waals surface area contributed by atoms with E-state index < -0.39 is 0 Å². The fourth-order valence-corrected chi connectivity index (χ4v) is 3.00. The zero-order valence-electron chi connectivity index (χ0n) is 10.8. The molecular weight excluding hydrogens is 283 g/mol. The van der Waals surface area contributed by atoms with Crippen molar-refractivity contribution < 1.29 is 4.79 Å². The van der Waals surface area contributed by atoms with Crippen LogP contribution in [-0.4, -0.2) is 17.4 Å². The standard InChI is InChI=1S/C14H18Cl2N2O/c15-12-8-7-11(13(16)18-12)14(19)17-9-3-6-10-4-1-2-5-10/h7-8,10H,1-6,9H2,(H,17,19). The van der Waals surface area contributed by atoms with Gasteiger partial charge in [-0.2, -0.15) is 0 Å². The van der Waals surface area contributed by atoms with Crippen molar-refractivity contribution in [2.24, 2.45) is 5.92 Å². The molecule has 1 aromatic heterocycles. The first kappa shape index (κ1) is 14.6. The van der Waals surface area contributed by atoms with Crippen LogP contribution in [0.1, 0.15) is 48.9 Å². The number of amides is 1. The fraction of sp³-hybridized carbons (Fsp3) is 0.571. The number of nitrogens with one attached hydrogen (secondary N) is 1. The van der Waals surface area contributed by atoms with Crippen LogP contribution in [0.3, 0.4) is 0 Å². The quantitative estimate of drug-likeness (QED) is 0.657. The largest absolute Gasteiger partial charge is 0.352 e. The normalized spacial score (nSPS) is 15.7. The minimum absolute atomic E-state index is 0.154.